The van der Waals surface area contributed by atoms with Crippen molar-refractivity contribution in [2.24, 2.45) is 5.92 Å². The van der Waals surface area contributed by atoms with Gasteiger partial charge in [-0.1, -0.05) is 37.3 Å². The molecular formula is C20H24N2O3S2. The Labute approximate surface area is 165 Å². The summed E-state index contributed by atoms with van der Waals surface area (Å²) in [5.41, 5.74) is 1.50. The molecule has 3 rings (SSSR count). The van der Waals surface area contributed by atoms with Crippen LogP contribution in [-0.2, 0) is 21.4 Å². The molecule has 1 atom stereocenters. The summed E-state index contributed by atoms with van der Waals surface area (Å²) in [6.45, 7) is 5.90. The fourth-order valence-electron chi connectivity index (χ4n) is 2.88. The molecule has 0 aliphatic carbocycles. The molecule has 0 saturated carbocycles. The van der Waals surface area contributed by atoms with Gasteiger partial charge in [0.15, 0.2) is 0 Å². The number of carbonyl (C=O) groups is 1. The van der Waals surface area contributed by atoms with E-state index in [1.807, 2.05) is 51.1 Å². The number of nitrogens with zero attached hydrogens (tertiary/aromatic N) is 1. The minimum atomic E-state index is -3.70. The maximum absolute atomic E-state index is 13.3. The van der Waals surface area contributed by atoms with E-state index in [1.165, 1.54) is 4.31 Å². The first-order chi connectivity index (χ1) is 12.8. The highest BCUT2D eigenvalue weighted by Gasteiger charge is 2.29. The molecule has 0 fully saturated rings. The molecule has 0 saturated heterocycles. The van der Waals surface area contributed by atoms with Gasteiger partial charge in [-0.3, -0.25) is 4.79 Å². The van der Waals surface area contributed by atoms with Crippen molar-refractivity contribution >= 4 is 33.4 Å². The molecule has 144 valence electrons. The van der Waals surface area contributed by atoms with Crippen molar-refractivity contribution in [1.82, 2.24) is 4.31 Å². The molecule has 1 unspecified atom stereocenters. The summed E-state index contributed by atoms with van der Waals surface area (Å²) >= 11 is 1.57. The maximum Gasteiger partial charge on any atom is 0.243 e. The summed E-state index contributed by atoms with van der Waals surface area (Å²) in [5.74, 6) is 0.477. The molecule has 0 bridgehead atoms. The van der Waals surface area contributed by atoms with Gasteiger partial charge in [0.05, 0.1) is 10.6 Å². The first-order valence-electron chi connectivity index (χ1n) is 8.92. The zero-order chi connectivity index (χ0) is 19.6. The van der Waals surface area contributed by atoms with Crippen LogP contribution in [0.3, 0.4) is 0 Å². The Morgan fingerprint density at radius 3 is 2.56 bits per heavy atom. The van der Waals surface area contributed by atoms with E-state index in [0.717, 1.165) is 10.5 Å². The monoisotopic (exact) mass is 404 g/mol. The SMILES string of the molecule is CC1CSc2ccc(S(=O)(=O)N(Cc3ccccc3)C(C)C)cc2NC1=O. The zero-order valence-corrected chi connectivity index (χ0v) is 17.3. The number of rotatable bonds is 5. The summed E-state index contributed by atoms with van der Waals surface area (Å²) < 4.78 is 28.1. The molecule has 0 aromatic heterocycles. The molecule has 27 heavy (non-hydrogen) atoms. The highest BCUT2D eigenvalue weighted by molar-refractivity contribution is 7.99. The second kappa shape index (κ2) is 8.04. The minimum Gasteiger partial charge on any atom is -0.325 e. The smallest absolute Gasteiger partial charge is 0.243 e. The largest absolute Gasteiger partial charge is 0.325 e. The van der Waals surface area contributed by atoms with Crippen LogP contribution in [0.4, 0.5) is 5.69 Å². The third-order valence-corrected chi connectivity index (χ3v) is 7.86. The molecular weight excluding hydrogens is 380 g/mol. The number of benzene rings is 2. The van der Waals surface area contributed by atoms with Gasteiger partial charge in [0.1, 0.15) is 0 Å². The van der Waals surface area contributed by atoms with Crippen molar-refractivity contribution in [2.45, 2.75) is 43.1 Å². The van der Waals surface area contributed by atoms with Gasteiger partial charge >= 0.3 is 0 Å². The van der Waals surface area contributed by atoms with Crippen LogP contribution < -0.4 is 5.32 Å². The Morgan fingerprint density at radius 1 is 1.19 bits per heavy atom. The van der Waals surface area contributed by atoms with E-state index in [1.54, 1.807) is 30.0 Å². The van der Waals surface area contributed by atoms with Gasteiger partial charge in [-0.15, -0.1) is 11.8 Å². The lowest BCUT2D eigenvalue weighted by Gasteiger charge is -2.26. The quantitative estimate of drug-likeness (QED) is 0.819. The van der Waals surface area contributed by atoms with Gasteiger partial charge in [0.2, 0.25) is 15.9 Å². The lowest BCUT2D eigenvalue weighted by atomic mass is 10.2. The number of fused-ring (bicyclic) bond motifs is 1. The Morgan fingerprint density at radius 2 is 1.89 bits per heavy atom. The summed E-state index contributed by atoms with van der Waals surface area (Å²) in [4.78, 5) is 13.2. The van der Waals surface area contributed by atoms with E-state index in [4.69, 9.17) is 0 Å². The number of amides is 1. The Balaban J connectivity index is 1.95. The van der Waals surface area contributed by atoms with Gasteiger partial charge in [-0.2, -0.15) is 4.31 Å². The number of anilines is 1. The second-order valence-electron chi connectivity index (χ2n) is 6.99. The number of hydrogen-bond acceptors (Lipinski definition) is 4. The Bertz CT molecular complexity index is 927. The molecule has 2 aromatic carbocycles. The van der Waals surface area contributed by atoms with Crippen LogP contribution in [0.5, 0.6) is 0 Å². The first kappa shape index (κ1) is 19.9. The fourth-order valence-corrected chi connectivity index (χ4v) is 5.55. The van der Waals surface area contributed by atoms with Crippen LogP contribution >= 0.6 is 11.8 Å². The predicted octanol–water partition coefficient (Wildman–Crippen LogP) is 3.97. The topological polar surface area (TPSA) is 66.5 Å². The number of hydrogen-bond donors (Lipinski definition) is 1. The molecule has 0 spiro atoms. The normalized spacial score (nSPS) is 17.5. The van der Waals surface area contributed by atoms with E-state index >= 15 is 0 Å². The van der Waals surface area contributed by atoms with Gasteiger partial charge < -0.3 is 5.32 Å². The molecule has 2 aromatic rings. The van der Waals surface area contributed by atoms with E-state index in [2.05, 4.69) is 5.32 Å². The van der Waals surface area contributed by atoms with Crippen LogP contribution in [0.25, 0.3) is 0 Å². The molecule has 1 amide bonds. The Kier molecular flexibility index (Phi) is 5.93. The lowest BCUT2D eigenvalue weighted by molar-refractivity contribution is -0.118. The van der Waals surface area contributed by atoms with Crippen molar-refractivity contribution in [3.05, 3.63) is 54.1 Å². The third-order valence-electron chi connectivity index (χ3n) is 4.51. The molecule has 1 heterocycles. The zero-order valence-electron chi connectivity index (χ0n) is 15.7. The molecule has 1 aliphatic rings. The van der Waals surface area contributed by atoms with Gasteiger partial charge in [0.25, 0.3) is 0 Å². The Hall–Kier alpha value is -1.83. The molecule has 5 nitrogen and oxygen atoms in total. The summed E-state index contributed by atoms with van der Waals surface area (Å²) in [5, 5.41) is 2.86. The summed E-state index contributed by atoms with van der Waals surface area (Å²) in [6, 6.07) is 14.3. The number of carbonyl (C=O) groups excluding carboxylic acids is 1. The van der Waals surface area contributed by atoms with Crippen LogP contribution in [0.1, 0.15) is 26.3 Å². The molecule has 1 N–H and O–H groups in total. The summed E-state index contributed by atoms with van der Waals surface area (Å²) in [7, 11) is -3.70. The number of thioether (sulfide) groups is 1. The van der Waals surface area contributed by atoms with Crippen LogP contribution in [0.15, 0.2) is 58.3 Å². The second-order valence-corrected chi connectivity index (χ2v) is 9.94. The van der Waals surface area contributed by atoms with Gasteiger partial charge in [0, 0.05) is 29.2 Å². The molecule has 0 radical (unpaired) electrons. The average Bonchev–Trinajstić information content (AvgIpc) is 2.78. The van der Waals surface area contributed by atoms with Crippen LogP contribution in [0, 0.1) is 5.92 Å². The highest BCUT2D eigenvalue weighted by Crippen LogP contribution is 2.35. The minimum absolute atomic E-state index is 0.0826. The lowest BCUT2D eigenvalue weighted by Crippen LogP contribution is -2.36. The fraction of sp³-hybridized carbons (Fsp3) is 0.350. The standard InChI is InChI=1S/C20H24N2O3S2/c1-14(2)22(12-16-7-5-4-6-8-16)27(24,25)17-9-10-19-18(11-17)21-20(23)15(3)13-26-19/h4-11,14-15H,12-13H2,1-3H3,(H,21,23). The molecule has 7 heteroatoms. The number of sulfonamides is 1. The molecule has 1 aliphatic heterocycles. The van der Waals surface area contributed by atoms with E-state index < -0.39 is 10.0 Å². The number of nitrogens with one attached hydrogen (secondary N) is 1. The van der Waals surface area contributed by atoms with Gasteiger partial charge in [-0.25, -0.2) is 8.42 Å². The highest BCUT2D eigenvalue weighted by atomic mass is 32.2. The van der Waals surface area contributed by atoms with Crippen molar-refractivity contribution in [3.63, 3.8) is 0 Å². The van der Waals surface area contributed by atoms with Crippen molar-refractivity contribution in [2.75, 3.05) is 11.1 Å². The van der Waals surface area contributed by atoms with Crippen LogP contribution in [-0.4, -0.2) is 30.4 Å². The maximum atomic E-state index is 13.3. The average molecular weight is 405 g/mol. The van der Waals surface area contributed by atoms with Gasteiger partial charge in [-0.05, 0) is 37.6 Å². The van der Waals surface area contributed by atoms with E-state index in [9.17, 15) is 13.2 Å². The predicted molar refractivity (Wildman–Crippen MR) is 109 cm³/mol. The van der Waals surface area contributed by atoms with E-state index in [-0.39, 0.29) is 22.8 Å². The van der Waals surface area contributed by atoms with Crippen molar-refractivity contribution < 1.29 is 13.2 Å². The first-order valence-corrected chi connectivity index (χ1v) is 11.3. The van der Waals surface area contributed by atoms with Crippen molar-refractivity contribution in [3.8, 4) is 0 Å². The summed E-state index contributed by atoms with van der Waals surface area (Å²) in [6.07, 6.45) is 0. The third kappa shape index (κ3) is 4.36. The van der Waals surface area contributed by atoms with Crippen molar-refractivity contribution in [1.29, 1.82) is 0 Å². The van der Waals surface area contributed by atoms with Crippen LogP contribution in [0.2, 0.25) is 0 Å². The van der Waals surface area contributed by atoms with E-state index in [0.29, 0.717) is 18.0 Å².